The van der Waals surface area contributed by atoms with Crippen LogP contribution in [0.5, 0.6) is 0 Å². The van der Waals surface area contributed by atoms with Gasteiger partial charge in [-0.05, 0) is 43.4 Å². The molecule has 0 bridgehead atoms. The van der Waals surface area contributed by atoms with E-state index in [1.807, 2.05) is 0 Å². The SMILES string of the molecule is CCCCCCCCCC(=O)OC[C@H](COP(=O)(O)OC[C@H](O)COP(=O)(O)OC[C@@H](COC(=O)CCCCCCCCCCCCCC(C)C)OC(=O)CCCCCCCCCCCCCC(C)C)OC(=O)CCCCCCCCCC(C)C. The van der Waals surface area contributed by atoms with Crippen molar-refractivity contribution in [1.82, 2.24) is 0 Å². The number of unbranched alkanes of at least 4 members (excludes halogenated alkanes) is 32. The number of aliphatic hydroxyl groups excluding tert-OH is 1. The molecule has 2 unspecified atom stereocenters. The van der Waals surface area contributed by atoms with Crippen LogP contribution in [0.25, 0.3) is 0 Å². The maximum atomic E-state index is 13.0. The standard InChI is InChI=1S/C66H128O17P2/c1-8-9-10-11-23-33-40-47-63(68)76-53-61(83-66(71)50-43-36-29-22-26-32-39-46-59(6)7)55-80-84(72,73)78-51-60(67)52-79-85(74,75)81-56-62(82-65(70)49-42-35-28-21-17-13-15-19-25-31-38-45-58(4)5)54-77-64(69)48-41-34-27-20-16-12-14-18-24-30-37-44-57(2)3/h57-62,67H,8-56H2,1-7H3,(H,72,73)(H,74,75)/t60-,61+,62+/m0/s1. The first-order valence-corrected chi connectivity index (χ1v) is 37.3. The van der Waals surface area contributed by atoms with Gasteiger partial charge >= 0.3 is 39.5 Å². The van der Waals surface area contributed by atoms with E-state index in [0.29, 0.717) is 31.6 Å². The second-order valence-corrected chi connectivity index (χ2v) is 28.2. The van der Waals surface area contributed by atoms with Gasteiger partial charge in [-0.3, -0.25) is 37.3 Å². The average Bonchev–Trinajstić information content (AvgIpc) is 3.54. The average molecular weight is 1260 g/mol. The Balaban J connectivity index is 5.22. The van der Waals surface area contributed by atoms with Crippen LogP contribution in [-0.2, 0) is 65.4 Å². The van der Waals surface area contributed by atoms with E-state index in [4.69, 9.17) is 37.0 Å². The smallest absolute Gasteiger partial charge is 0.462 e. The second kappa shape index (κ2) is 57.2. The summed E-state index contributed by atoms with van der Waals surface area (Å²) in [6.45, 7) is 11.7. The van der Waals surface area contributed by atoms with Crippen molar-refractivity contribution in [2.45, 2.75) is 343 Å². The van der Waals surface area contributed by atoms with Gasteiger partial charge < -0.3 is 33.8 Å². The largest absolute Gasteiger partial charge is 0.472 e. The molecule has 3 N–H and O–H groups in total. The molecular formula is C66H128O17P2. The Morgan fingerprint density at radius 3 is 0.800 bits per heavy atom. The quantitative estimate of drug-likeness (QED) is 0.0222. The van der Waals surface area contributed by atoms with Crippen molar-refractivity contribution in [2.24, 2.45) is 17.8 Å². The van der Waals surface area contributed by atoms with Gasteiger partial charge in [0.2, 0.25) is 0 Å². The number of hydrogen-bond donors (Lipinski definition) is 3. The number of aliphatic hydroxyl groups is 1. The highest BCUT2D eigenvalue weighted by molar-refractivity contribution is 7.47. The molecule has 0 aromatic rings. The van der Waals surface area contributed by atoms with Crippen molar-refractivity contribution in [3.8, 4) is 0 Å². The summed E-state index contributed by atoms with van der Waals surface area (Å²) < 4.78 is 68.0. The molecule has 0 fully saturated rings. The molecule has 0 rings (SSSR count). The molecule has 0 aliphatic rings. The molecule has 0 saturated carbocycles. The molecule has 0 radical (unpaired) electrons. The van der Waals surface area contributed by atoms with E-state index >= 15 is 0 Å². The van der Waals surface area contributed by atoms with E-state index in [0.717, 1.165) is 115 Å². The molecule has 0 aromatic heterocycles. The fraction of sp³-hybridized carbons (Fsp3) is 0.939. The Bertz CT molecular complexity index is 1680. The lowest BCUT2D eigenvalue weighted by Gasteiger charge is -2.21. The van der Waals surface area contributed by atoms with Gasteiger partial charge in [-0.15, -0.1) is 0 Å². The van der Waals surface area contributed by atoms with Crippen LogP contribution in [0.2, 0.25) is 0 Å². The topological polar surface area (TPSA) is 237 Å². The molecule has 5 atom stereocenters. The van der Waals surface area contributed by atoms with E-state index in [1.54, 1.807) is 0 Å². The van der Waals surface area contributed by atoms with Gasteiger partial charge in [0, 0.05) is 25.7 Å². The predicted molar refractivity (Wildman–Crippen MR) is 340 cm³/mol. The summed E-state index contributed by atoms with van der Waals surface area (Å²) in [5, 5.41) is 10.5. The van der Waals surface area contributed by atoms with Crippen LogP contribution in [0.1, 0.15) is 325 Å². The fourth-order valence-electron chi connectivity index (χ4n) is 9.83. The summed E-state index contributed by atoms with van der Waals surface area (Å²) in [6, 6.07) is 0. The van der Waals surface area contributed by atoms with Gasteiger partial charge in [-0.1, -0.05) is 273 Å². The highest BCUT2D eigenvalue weighted by atomic mass is 31.2. The van der Waals surface area contributed by atoms with E-state index in [-0.39, 0.29) is 25.7 Å². The molecule has 504 valence electrons. The Kier molecular flexibility index (Phi) is 55.9. The summed E-state index contributed by atoms with van der Waals surface area (Å²) in [4.78, 5) is 72.2. The maximum absolute atomic E-state index is 13.0. The Labute approximate surface area is 517 Å². The Morgan fingerprint density at radius 1 is 0.318 bits per heavy atom. The molecular weight excluding hydrogens is 1130 g/mol. The summed E-state index contributed by atoms with van der Waals surface area (Å²) in [7, 11) is -9.89. The number of rotatable bonds is 64. The van der Waals surface area contributed by atoms with Gasteiger partial charge in [-0.2, -0.15) is 0 Å². The maximum Gasteiger partial charge on any atom is 0.472 e. The molecule has 0 aromatic carbocycles. The predicted octanol–water partition coefficient (Wildman–Crippen LogP) is 18.3. The molecule has 19 heteroatoms. The summed E-state index contributed by atoms with van der Waals surface area (Å²) >= 11 is 0. The van der Waals surface area contributed by atoms with Crippen LogP contribution < -0.4 is 0 Å². The summed E-state index contributed by atoms with van der Waals surface area (Å²) in [5.41, 5.74) is 0. The Morgan fingerprint density at radius 2 is 0.541 bits per heavy atom. The van der Waals surface area contributed by atoms with Crippen LogP contribution in [0.4, 0.5) is 0 Å². The van der Waals surface area contributed by atoms with Crippen molar-refractivity contribution in [1.29, 1.82) is 0 Å². The highest BCUT2D eigenvalue weighted by Gasteiger charge is 2.30. The van der Waals surface area contributed by atoms with E-state index < -0.39 is 97.5 Å². The van der Waals surface area contributed by atoms with Crippen LogP contribution in [0.15, 0.2) is 0 Å². The number of carbonyl (C=O) groups is 4. The van der Waals surface area contributed by atoms with Gasteiger partial charge in [0.1, 0.15) is 19.3 Å². The summed E-state index contributed by atoms with van der Waals surface area (Å²) in [6.07, 6.45) is 39.1. The first kappa shape index (κ1) is 83.1. The zero-order valence-electron chi connectivity index (χ0n) is 55.1. The third-order valence-electron chi connectivity index (χ3n) is 15.1. The number of phosphoric ester groups is 2. The molecule has 0 saturated heterocycles. The van der Waals surface area contributed by atoms with E-state index in [9.17, 15) is 43.2 Å². The van der Waals surface area contributed by atoms with Crippen molar-refractivity contribution in [3.63, 3.8) is 0 Å². The zero-order valence-corrected chi connectivity index (χ0v) is 56.9. The van der Waals surface area contributed by atoms with Crippen LogP contribution in [0.3, 0.4) is 0 Å². The fourth-order valence-corrected chi connectivity index (χ4v) is 11.4. The molecule has 17 nitrogen and oxygen atoms in total. The zero-order chi connectivity index (χ0) is 63.1. The van der Waals surface area contributed by atoms with Crippen LogP contribution in [-0.4, -0.2) is 96.7 Å². The van der Waals surface area contributed by atoms with Crippen molar-refractivity contribution in [3.05, 3.63) is 0 Å². The van der Waals surface area contributed by atoms with Gasteiger partial charge in [0.15, 0.2) is 12.2 Å². The van der Waals surface area contributed by atoms with E-state index in [1.165, 1.54) is 122 Å². The number of carbonyl (C=O) groups excluding carboxylic acids is 4. The second-order valence-electron chi connectivity index (χ2n) is 25.3. The van der Waals surface area contributed by atoms with Crippen molar-refractivity contribution >= 4 is 39.5 Å². The first-order chi connectivity index (χ1) is 40.7. The van der Waals surface area contributed by atoms with Crippen LogP contribution >= 0.6 is 15.6 Å². The molecule has 0 spiro atoms. The van der Waals surface area contributed by atoms with Gasteiger partial charge in [0.05, 0.1) is 26.4 Å². The van der Waals surface area contributed by atoms with E-state index in [2.05, 4.69) is 48.5 Å². The minimum atomic E-state index is -4.95. The van der Waals surface area contributed by atoms with Crippen molar-refractivity contribution < 1.29 is 80.2 Å². The molecule has 0 amide bonds. The van der Waals surface area contributed by atoms with Gasteiger partial charge in [-0.25, -0.2) is 9.13 Å². The molecule has 0 aliphatic carbocycles. The third-order valence-corrected chi connectivity index (χ3v) is 17.0. The lowest BCUT2D eigenvalue weighted by atomic mass is 10.0. The number of ether oxygens (including phenoxy) is 4. The third kappa shape index (κ3) is 60.7. The number of phosphoric acid groups is 2. The monoisotopic (exact) mass is 1250 g/mol. The normalized spacial score (nSPS) is 14.3. The molecule has 85 heavy (non-hydrogen) atoms. The minimum absolute atomic E-state index is 0.103. The number of esters is 4. The van der Waals surface area contributed by atoms with Crippen LogP contribution in [0, 0.1) is 17.8 Å². The van der Waals surface area contributed by atoms with Gasteiger partial charge in [0.25, 0.3) is 0 Å². The van der Waals surface area contributed by atoms with Crippen molar-refractivity contribution in [2.75, 3.05) is 39.6 Å². The Hall–Kier alpha value is -1.94. The lowest BCUT2D eigenvalue weighted by Crippen LogP contribution is -2.30. The lowest BCUT2D eigenvalue weighted by molar-refractivity contribution is -0.161. The molecule has 0 aliphatic heterocycles. The highest BCUT2D eigenvalue weighted by Crippen LogP contribution is 2.45. The molecule has 0 heterocycles. The summed E-state index contributed by atoms with van der Waals surface area (Å²) in [5.74, 6) is 0.0943. The first-order valence-electron chi connectivity index (χ1n) is 34.3. The number of hydrogen-bond acceptors (Lipinski definition) is 15. The minimum Gasteiger partial charge on any atom is -0.462 e.